The maximum atomic E-state index is 12.8. The molecule has 0 radical (unpaired) electrons. The maximum Gasteiger partial charge on any atom is 0.255 e. The van der Waals surface area contributed by atoms with E-state index in [2.05, 4.69) is 10.3 Å². The Morgan fingerprint density at radius 2 is 1.56 bits per heavy atom. The van der Waals surface area contributed by atoms with Crippen molar-refractivity contribution in [3.05, 3.63) is 72.4 Å². The van der Waals surface area contributed by atoms with E-state index in [1.807, 2.05) is 11.0 Å². The van der Waals surface area contributed by atoms with E-state index in [9.17, 15) is 13.2 Å². The maximum absolute atomic E-state index is 12.8. The first kappa shape index (κ1) is 23.5. The van der Waals surface area contributed by atoms with Crippen molar-refractivity contribution >= 4 is 27.4 Å². The van der Waals surface area contributed by atoms with Crippen molar-refractivity contribution in [2.24, 2.45) is 0 Å². The Bertz CT molecular complexity index is 1220. The predicted octanol–water partition coefficient (Wildman–Crippen LogP) is 2.86. The molecule has 10 heteroatoms. The molecule has 0 saturated carbocycles. The van der Waals surface area contributed by atoms with Crippen LogP contribution in [0.4, 0.5) is 11.5 Å². The summed E-state index contributed by atoms with van der Waals surface area (Å²) in [7, 11) is -0.456. The number of hydrogen-bond acceptors (Lipinski definition) is 7. The first-order valence-corrected chi connectivity index (χ1v) is 12.2. The van der Waals surface area contributed by atoms with Crippen LogP contribution in [-0.4, -0.2) is 64.0 Å². The lowest BCUT2D eigenvalue weighted by atomic mass is 10.2. The Morgan fingerprint density at radius 1 is 0.912 bits per heavy atom. The Kier molecular flexibility index (Phi) is 6.99. The van der Waals surface area contributed by atoms with E-state index in [4.69, 9.17) is 9.47 Å². The van der Waals surface area contributed by atoms with Gasteiger partial charge in [-0.3, -0.25) is 4.79 Å². The first-order chi connectivity index (χ1) is 16.4. The van der Waals surface area contributed by atoms with Crippen molar-refractivity contribution in [3.8, 4) is 11.5 Å². The summed E-state index contributed by atoms with van der Waals surface area (Å²) in [5.74, 6) is 1.45. The first-order valence-electron chi connectivity index (χ1n) is 10.7. The van der Waals surface area contributed by atoms with Gasteiger partial charge < -0.3 is 19.7 Å². The number of carbonyl (C=O) groups excluding carboxylic acids is 1. The number of carbonyl (C=O) groups is 1. The summed E-state index contributed by atoms with van der Waals surface area (Å²) in [6.07, 6.45) is 1.58. The number of benzene rings is 2. The Balaban J connectivity index is 1.38. The molecule has 1 fully saturated rings. The molecule has 4 rings (SSSR count). The fraction of sp³-hybridized carbons (Fsp3) is 0.250. The minimum Gasteiger partial charge on any atom is -0.497 e. The number of anilines is 2. The van der Waals surface area contributed by atoms with Crippen LogP contribution in [0.1, 0.15) is 10.4 Å². The van der Waals surface area contributed by atoms with Crippen molar-refractivity contribution in [1.82, 2.24) is 9.29 Å². The summed E-state index contributed by atoms with van der Waals surface area (Å²) in [5.41, 5.74) is 0.942. The lowest BCUT2D eigenvalue weighted by Crippen LogP contribution is -2.48. The van der Waals surface area contributed by atoms with E-state index < -0.39 is 10.0 Å². The summed E-state index contributed by atoms with van der Waals surface area (Å²) in [6.45, 7) is 1.78. The van der Waals surface area contributed by atoms with Crippen molar-refractivity contribution in [3.63, 3.8) is 0 Å². The van der Waals surface area contributed by atoms with Gasteiger partial charge in [0.25, 0.3) is 5.91 Å². The standard InChI is InChI=1S/C24H26N4O5S/c1-32-20-14-18(15-21(16-20)33-2)24(29)26-19-8-9-23(25-17-19)27-10-12-28(13-11-27)34(30,31)22-6-4-3-5-7-22/h3-9,14-17H,10-13H2,1-2H3,(H,26,29). The molecule has 1 aliphatic heterocycles. The molecule has 0 bridgehead atoms. The zero-order chi connectivity index (χ0) is 24.1. The van der Waals surface area contributed by atoms with Gasteiger partial charge in [0.15, 0.2) is 0 Å². The normalized spacial score (nSPS) is 14.5. The predicted molar refractivity (Wildman–Crippen MR) is 129 cm³/mol. The van der Waals surface area contributed by atoms with Gasteiger partial charge in [-0.2, -0.15) is 4.31 Å². The van der Waals surface area contributed by atoms with Gasteiger partial charge in [0.05, 0.1) is 31.0 Å². The highest BCUT2D eigenvalue weighted by Gasteiger charge is 2.28. The molecule has 2 aromatic carbocycles. The summed E-state index contributed by atoms with van der Waals surface area (Å²) in [4.78, 5) is 19.4. The van der Waals surface area contributed by atoms with Crippen LogP contribution in [0.15, 0.2) is 71.8 Å². The van der Waals surface area contributed by atoms with E-state index in [0.717, 1.165) is 5.82 Å². The largest absolute Gasteiger partial charge is 0.497 e. The molecule has 0 aliphatic carbocycles. The number of aromatic nitrogens is 1. The third-order valence-electron chi connectivity index (χ3n) is 5.56. The van der Waals surface area contributed by atoms with Crippen LogP contribution in [0.5, 0.6) is 11.5 Å². The Morgan fingerprint density at radius 3 is 2.12 bits per heavy atom. The van der Waals surface area contributed by atoms with Crippen LogP contribution in [-0.2, 0) is 10.0 Å². The number of amides is 1. The molecule has 9 nitrogen and oxygen atoms in total. The summed E-state index contributed by atoms with van der Waals surface area (Å²) >= 11 is 0. The van der Waals surface area contributed by atoms with E-state index >= 15 is 0 Å². The average Bonchev–Trinajstić information content (AvgIpc) is 2.89. The SMILES string of the molecule is COc1cc(OC)cc(C(=O)Nc2ccc(N3CCN(S(=O)(=O)c4ccccc4)CC3)nc2)c1. The third kappa shape index (κ3) is 5.13. The molecular weight excluding hydrogens is 456 g/mol. The van der Waals surface area contributed by atoms with Crippen molar-refractivity contribution in [1.29, 1.82) is 0 Å². The van der Waals surface area contributed by atoms with Gasteiger partial charge in [0.1, 0.15) is 17.3 Å². The Labute approximate surface area is 199 Å². The van der Waals surface area contributed by atoms with Crippen LogP contribution < -0.4 is 19.7 Å². The minimum absolute atomic E-state index is 0.301. The number of hydrogen-bond donors (Lipinski definition) is 1. The summed E-state index contributed by atoms with van der Waals surface area (Å²) in [5, 5.41) is 2.82. The van der Waals surface area contributed by atoms with Gasteiger partial charge in [-0.15, -0.1) is 0 Å². The number of pyridine rings is 1. The van der Waals surface area contributed by atoms with Gasteiger partial charge in [-0.1, -0.05) is 18.2 Å². The molecule has 2 heterocycles. The Hall–Kier alpha value is -3.63. The zero-order valence-electron chi connectivity index (χ0n) is 19.0. The average molecular weight is 483 g/mol. The fourth-order valence-corrected chi connectivity index (χ4v) is 5.13. The van der Waals surface area contributed by atoms with E-state index in [1.54, 1.807) is 60.8 Å². The lowest BCUT2D eigenvalue weighted by molar-refractivity contribution is 0.102. The van der Waals surface area contributed by atoms with Crippen LogP contribution in [0.25, 0.3) is 0 Å². The number of rotatable bonds is 7. The second-order valence-corrected chi connectivity index (χ2v) is 9.60. The highest BCUT2D eigenvalue weighted by atomic mass is 32.2. The second-order valence-electron chi connectivity index (χ2n) is 7.66. The number of piperazine rings is 1. The van der Waals surface area contributed by atoms with Crippen molar-refractivity contribution in [2.75, 3.05) is 50.6 Å². The lowest BCUT2D eigenvalue weighted by Gasteiger charge is -2.34. The highest BCUT2D eigenvalue weighted by Crippen LogP contribution is 2.24. The minimum atomic E-state index is -3.50. The van der Waals surface area contributed by atoms with Gasteiger partial charge >= 0.3 is 0 Å². The molecule has 1 aromatic heterocycles. The number of nitrogens with one attached hydrogen (secondary N) is 1. The van der Waals surface area contributed by atoms with Gasteiger partial charge in [-0.05, 0) is 36.4 Å². The molecule has 1 saturated heterocycles. The van der Waals surface area contributed by atoms with Gasteiger partial charge in [0.2, 0.25) is 10.0 Å². The number of ether oxygens (including phenoxy) is 2. The molecule has 178 valence electrons. The quantitative estimate of drug-likeness (QED) is 0.553. The van der Waals surface area contributed by atoms with Crippen LogP contribution in [0.2, 0.25) is 0 Å². The van der Waals surface area contributed by atoms with Gasteiger partial charge in [0, 0.05) is 37.8 Å². The molecule has 1 N–H and O–H groups in total. The van der Waals surface area contributed by atoms with Gasteiger partial charge in [-0.25, -0.2) is 13.4 Å². The molecular formula is C24H26N4O5S. The number of methoxy groups -OCH3 is 2. The zero-order valence-corrected chi connectivity index (χ0v) is 19.8. The summed E-state index contributed by atoms with van der Waals surface area (Å²) in [6, 6.07) is 17.0. The number of sulfonamides is 1. The van der Waals surface area contributed by atoms with Crippen LogP contribution >= 0.6 is 0 Å². The highest BCUT2D eigenvalue weighted by molar-refractivity contribution is 7.89. The molecule has 1 aliphatic rings. The second kappa shape index (κ2) is 10.1. The third-order valence-corrected chi connectivity index (χ3v) is 7.48. The van der Waals surface area contributed by atoms with E-state index in [0.29, 0.717) is 53.8 Å². The summed E-state index contributed by atoms with van der Waals surface area (Å²) < 4.78 is 37.5. The fourth-order valence-electron chi connectivity index (χ4n) is 3.69. The smallest absolute Gasteiger partial charge is 0.255 e. The van der Waals surface area contributed by atoms with Crippen LogP contribution in [0, 0.1) is 0 Å². The monoisotopic (exact) mass is 482 g/mol. The number of nitrogens with zero attached hydrogens (tertiary/aromatic N) is 3. The molecule has 0 spiro atoms. The molecule has 0 atom stereocenters. The molecule has 0 unspecified atom stereocenters. The van der Waals surface area contributed by atoms with E-state index in [-0.39, 0.29) is 5.91 Å². The topological polar surface area (TPSA) is 101 Å². The molecule has 1 amide bonds. The van der Waals surface area contributed by atoms with Crippen LogP contribution in [0.3, 0.4) is 0 Å². The van der Waals surface area contributed by atoms with Crippen molar-refractivity contribution < 1.29 is 22.7 Å². The van der Waals surface area contributed by atoms with E-state index in [1.165, 1.54) is 18.5 Å². The molecule has 34 heavy (non-hydrogen) atoms. The van der Waals surface area contributed by atoms with Crippen molar-refractivity contribution in [2.45, 2.75) is 4.90 Å². The molecule has 3 aromatic rings.